The fraction of sp³-hybridized carbons (Fsp3) is 0.200. The Bertz CT molecular complexity index is 3280. The van der Waals surface area contributed by atoms with E-state index >= 15 is 0 Å². The zero-order chi connectivity index (χ0) is 44.3. The van der Waals surface area contributed by atoms with Gasteiger partial charge >= 0.3 is 0 Å². The van der Waals surface area contributed by atoms with Gasteiger partial charge in [0.2, 0.25) is 0 Å². The summed E-state index contributed by atoms with van der Waals surface area (Å²) in [6.45, 7) is 20.9. The van der Waals surface area contributed by atoms with Crippen molar-refractivity contribution in [1.29, 1.82) is 0 Å². The maximum Gasteiger partial charge on any atom is 0.252 e. The van der Waals surface area contributed by atoms with Crippen molar-refractivity contribution < 1.29 is 0 Å². The van der Waals surface area contributed by atoms with Gasteiger partial charge in [-0.25, -0.2) is 0 Å². The first-order chi connectivity index (χ1) is 30.6. The summed E-state index contributed by atoms with van der Waals surface area (Å²) in [5.74, 6) is 0. The molecule has 0 saturated heterocycles. The zero-order valence-corrected chi connectivity index (χ0v) is 39.4. The van der Waals surface area contributed by atoms with Gasteiger partial charge in [-0.2, -0.15) is 0 Å². The van der Waals surface area contributed by atoms with Crippen LogP contribution in [-0.2, 0) is 16.2 Å². The Morgan fingerprint density at radius 3 is 1.70 bits per heavy atom. The van der Waals surface area contributed by atoms with Crippen LogP contribution in [0.1, 0.15) is 79.0 Å². The van der Waals surface area contributed by atoms with Gasteiger partial charge in [-0.3, -0.25) is 0 Å². The number of rotatable bonds is 4. The van der Waals surface area contributed by atoms with Crippen molar-refractivity contribution in [3.63, 3.8) is 0 Å². The van der Waals surface area contributed by atoms with Crippen molar-refractivity contribution >= 4 is 88.7 Å². The van der Waals surface area contributed by atoms with Crippen LogP contribution in [0.4, 0.5) is 34.1 Å². The van der Waals surface area contributed by atoms with Gasteiger partial charge in [0.1, 0.15) is 0 Å². The lowest BCUT2D eigenvalue weighted by atomic mass is 9.33. The highest BCUT2D eigenvalue weighted by Gasteiger charge is 2.44. The number of nitrogens with zero attached hydrogens (tertiary/aromatic N) is 2. The average molecular weight is 847 g/mol. The Hall–Kier alpha value is -6.36. The predicted molar refractivity (Wildman–Crippen MR) is 280 cm³/mol. The van der Waals surface area contributed by atoms with Gasteiger partial charge in [-0.15, -0.1) is 11.3 Å². The van der Waals surface area contributed by atoms with Crippen LogP contribution in [-0.4, -0.2) is 6.71 Å². The summed E-state index contributed by atoms with van der Waals surface area (Å²) in [5, 5.41) is 2.65. The molecule has 2 aliphatic heterocycles. The van der Waals surface area contributed by atoms with Gasteiger partial charge in [0, 0.05) is 54.3 Å². The molecule has 0 atom stereocenters. The molecule has 0 aliphatic carbocycles. The summed E-state index contributed by atoms with van der Waals surface area (Å²) in [6.07, 6.45) is 0. The van der Waals surface area contributed by atoms with Crippen LogP contribution < -0.4 is 26.2 Å². The monoisotopic (exact) mass is 846 g/mol. The molecule has 4 heteroatoms. The van der Waals surface area contributed by atoms with E-state index in [1.165, 1.54) is 104 Å². The molecule has 314 valence electrons. The molecule has 0 amide bonds. The fourth-order valence-corrected chi connectivity index (χ4v) is 11.4. The van der Waals surface area contributed by atoms with Crippen molar-refractivity contribution in [3.05, 3.63) is 187 Å². The van der Waals surface area contributed by atoms with Gasteiger partial charge in [0.15, 0.2) is 0 Å². The molecule has 9 aromatic rings. The van der Waals surface area contributed by atoms with Crippen molar-refractivity contribution in [2.75, 3.05) is 9.80 Å². The molecule has 2 aliphatic rings. The van der Waals surface area contributed by atoms with E-state index in [1.807, 2.05) is 11.3 Å². The standard InChI is InChI=1S/C60H55BN2S/c1-58(2,3)41-25-29-44(30-26-41)62-50-32-28-42(59(4,5)6)36-49(50)61-48-31-27-43(60(7,8)9)37-51(48)63(53-35-40(34-52(62)57(53)61)38-17-11-10-12-18-38)45-20-15-19-39(33-45)46-22-16-24-55-56(46)47-21-13-14-23-54(47)64-55/h10-37H,1-9H3. The van der Waals surface area contributed by atoms with Crippen LogP contribution in [0.25, 0.3) is 42.4 Å². The van der Waals surface area contributed by atoms with Crippen LogP contribution in [0.3, 0.4) is 0 Å². The van der Waals surface area contributed by atoms with Crippen molar-refractivity contribution in [2.45, 2.75) is 78.6 Å². The summed E-state index contributed by atoms with van der Waals surface area (Å²) < 4.78 is 2.64. The van der Waals surface area contributed by atoms with Crippen molar-refractivity contribution in [1.82, 2.24) is 0 Å². The number of benzene rings is 8. The second kappa shape index (κ2) is 14.6. The Morgan fingerprint density at radius 1 is 0.391 bits per heavy atom. The first kappa shape index (κ1) is 40.4. The smallest absolute Gasteiger partial charge is 0.252 e. The number of hydrogen-bond acceptors (Lipinski definition) is 3. The summed E-state index contributed by atoms with van der Waals surface area (Å²) >= 11 is 1.88. The van der Waals surface area contributed by atoms with Crippen LogP contribution >= 0.6 is 11.3 Å². The maximum absolute atomic E-state index is 2.60. The highest BCUT2D eigenvalue weighted by Crippen LogP contribution is 2.48. The zero-order valence-electron chi connectivity index (χ0n) is 38.5. The Morgan fingerprint density at radius 2 is 0.984 bits per heavy atom. The van der Waals surface area contributed by atoms with E-state index in [2.05, 4.69) is 242 Å². The van der Waals surface area contributed by atoms with Crippen LogP contribution in [0, 0.1) is 0 Å². The highest BCUT2D eigenvalue weighted by molar-refractivity contribution is 7.26. The second-order valence-corrected chi connectivity index (χ2v) is 22.2. The molecule has 64 heavy (non-hydrogen) atoms. The van der Waals surface area contributed by atoms with Crippen LogP contribution in [0.15, 0.2) is 170 Å². The number of anilines is 6. The van der Waals surface area contributed by atoms with E-state index in [4.69, 9.17) is 0 Å². The third kappa shape index (κ3) is 6.60. The fourth-order valence-electron chi connectivity index (χ4n) is 10.2. The van der Waals surface area contributed by atoms with Gasteiger partial charge in [-0.05, 0) is 132 Å². The SMILES string of the molecule is CC(C)(C)c1ccc(N2c3ccc(C(C)(C)C)cc3B3c4ccc(C(C)(C)C)cc4N(c4cccc(-c5cccc6sc7ccccc7c56)c4)c4cc(-c5ccccc5)cc2c43)cc1. The molecule has 0 bridgehead atoms. The summed E-state index contributed by atoms with van der Waals surface area (Å²) in [7, 11) is 0. The normalized spacial score (nSPS) is 13.6. The highest BCUT2D eigenvalue weighted by atomic mass is 32.1. The summed E-state index contributed by atoms with van der Waals surface area (Å²) in [5.41, 5.74) is 20.1. The molecule has 0 radical (unpaired) electrons. The van der Waals surface area contributed by atoms with Gasteiger partial charge in [-0.1, -0.05) is 172 Å². The number of hydrogen-bond donors (Lipinski definition) is 0. The molecule has 2 nitrogen and oxygen atoms in total. The molecule has 0 saturated carbocycles. The number of thiophene rings is 1. The minimum absolute atomic E-state index is 0.0200. The molecule has 11 rings (SSSR count). The van der Waals surface area contributed by atoms with Gasteiger partial charge in [0.05, 0.1) is 0 Å². The first-order valence-electron chi connectivity index (χ1n) is 22.9. The quantitative estimate of drug-likeness (QED) is 0.163. The van der Waals surface area contributed by atoms with E-state index in [0.29, 0.717) is 0 Å². The molecular weight excluding hydrogens is 792 g/mol. The molecular formula is C60H55BN2S. The van der Waals surface area contributed by atoms with Gasteiger partial charge < -0.3 is 9.80 Å². The minimum Gasteiger partial charge on any atom is -0.311 e. The van der Waals surface area contributed by atoms with Crippen LogP contribution in [0.2, 0.25) is 0 Å². The lowest BCUT2D eigenvalue weighted by Gasteiger charge is -2.45. The molecule has 0 unspecified atom stereocenters. The molecule has 0 spiro atoms. The third-order valence-electron chi connectivity index (χ3n) is 13.7. The molecule has 0 fully saturated rings. The topological polar surface area (TPSA) is 6.48 Å². The lowest BCUT2D eigenvalue weighted by Crippen LogP contribution is -2.61. The summed E-state index contributed by atoms with van der Waals surface area (Å²) in [4.78, 5) is 5.16. The molecule has 0 N–H and O–H groups in total. The third-order valence-corrected chi connectivity index (χ3v) is 14.9. The minimum atomic E-state index is -0.0462. The molecule has 1 aromatic heterocycles. The average Bonchev–Trinajstić information content (AvgIpc) is 3.67. The largest absolute Gasteiger partial charge is 0.311 e. The van der Waals surface area contributed by atoms with Crippen molar-refractivity contribution in [3.8, 4) is 22.3 Å². The molecule has 3 heterocycles. The van der Waals surface area contributed by atoms with E-state index in [9.17, 15) is 0 Å². The Kier molecular flexibility index (Phi) is 9.21. The number of fused-ring (bicyclic) bond motifs is 7. The Labute approximate surface area is 383 Å². The van der Waals surface area contributed by atoms with Gasteiger partial charge in [0.25, 0.3) is 6.71 Å². The van der Waals surface area contributed by atoms with E-state index < -0.39 is 0 Å². The van der Waals surface area contributed by atoms with E-state index in [0.717, 1.165) is 5.69 Å². The summed E-state index contributed by atoms with van der Waals surface area (Å²) in [6, 6.07) is 64.9. The van der Waals surface area contributed by atoms with Crippen molar-refractivity contribution in [2.24, 2.45) is 0 Å². The van der Waals surface area contributed by atoms with Crippen LogP contribution in [0.5, 0.6) is 0 Å². The predicted octanol–water partition coefficient (Wildman–Crippen LogP) is 15.4. The Balaban J connectivity index is 1.23. The van der Waals surface area contributed by atoms with E-state index in [1.54, 1.807) is 0 Å². The second-order valence-electron chi connectivity index (χ2n) is 21.1. The molecule has 8 aromatic carbocycles. The first-order valence-corrected chi connectivity index (χ1v) is 23.7. The maximum atomic E-state index is 2.60. The van der Waals surface area contributed by atoms with E-state index in [-0.39, 0.29) is 23.0 Å². The lowest BCUT2D eigenvalue weighted by molar-refractivity contribution is 0.590.